The van der Waals surface area contributed by atoms with Gasteiger partial charge in [-0.1, -0.05) is 105 Å². The number of para-hydroxylation sites is 1. The summed E-state index contributed by atoms with van der Waals surface area (Å²) in [7, 11) is 3.93. The Hall–Kier alpha value is -2.62. The normalized spacial score (nSPS) is 25.6. The van der Waals surface area contributed by atoms with Crippen molar-refractivity contribution in [2.24, 2.45) is 5.92 Å². The average molecular weight is 444 g/mol. The molecule has 1 saturated heterocycles. The van der Waals surface area contributed by atoms with E-state index in [1.165, 1.54) is 17.5 Å². The summed E-state index contributed by atoms with van der Waals surface area (Å²) in [5.41, 5.74) is 2.40. The Bertz CT molecular complexity index is 1010. The summed E-state index contributed by atoms with van der Waals surface area (Å²) in [4.78, 5) is 2.49. The van der Waals surface area contributed by atoms with Crippen molar-refractivity contribution in [3.05, 3.63) is 102 Å². The van der Waals surface area contributed by atoms with E-state index in [-0.39, 0.29) is 18.0 Å². The van der Waals surface area contributed by atoms with E-state index < -0.39 is 5.60 Å². The molecule has 1 fully saturated rings. The van der Waals surface area contributed by atoms with Crippen LogP contribution in [0.5, 0.6) is 5.75 Å². The number of nitrogens with zero attached hydrogens (tertiary/aromatic N) is 1. The highest BCUT2D eigenvalue weighted by Gasteiger charge is 2.52. The van der Waals surface area contributed by atoms with E-state index >= 15 is 0 Å². The summed E-state index contributed by atoms with van der Waals surface area (Å²) in [6.45, 7) is 2.24. The Morgan fingerprint density at radius 3 is 2.12 bits per heavy atom. The van der Waals surface area contributed by atoms with Crippen molar-refractivity contribution in [2.45, 2.75) is 56.7 Å². The zero-order valence-corrected chi connectivity index (χ0v) is 20.2. The Balaban J connectivity index is 1.88. The summed E-state index contributed by atoms with van der Waals surface area (Å²) >= 11 is 0. The molecule has 0 unspecified atom stereocenters. The Kier molecular flexibility index (Phi) is 7.52. The molecule has 0 saturated carbocycles. The minimum Gasteiger partial charge on any atom is -0.496 e. The smallest absolute Gasteiger partial charge is 0.124 e. The molecular weight excluding hydrogens is 406 g/mol. The SMILES string of the molecule is CCCCC[C@@H]1[C@H](c2ccccc2)N(C)[C@H](c2ccccc2)C[C@@]1(O)c1ccccc1OC. The lowest BCUT2D eigenvalue weighted by Gasteiger charge is -2.54. The van der Waals surface area contributed by atoms with E-state index in [4.69, 9.17) is 4.74 Å². The van der Waals surface area contributed by atoms with Crippen molar-refractivity contribution in [3.63, 3.8) is 0 Å². The zero-order chi connectivity index (χ0) is 23.3. The molecule has 0 radical (unpaired) electrons. The quantitative estimate of drug-likeness (QED) is 0.385. The lowest BCUT2D eigenvalue weighted by Crippen LogP contribution is -2.52. The van der Waals surface area contributed by atoms with Crippen LogP contribution >= 0.6 is 0 Å². The zero-order valence-electron chi connectivity index (χ0n) is 20.2. The van der Waals surface area contributed by atoms with Crippen molar-refractivity contribution in [1.82, 2.24) is 4.90 Å². The third kappa shape index (κ3) is 4.71. The molecule has 0 bridgehead atoms. The van der Waals surface area contributed by atoms with Gasteiger partial charge in [0.25, 0.3) is 0 Å². The molecule has 0 aromatic heterocycles. The van der Waals surface area contributed by atoms with Gasteiger partial charge in [0, 0.05) is 30.0 Å². The average Bonchev–Trinajstić information content (AvgIpc) is 2.87. The standard InChI is InChI=1S/C30H37NO2/c1-4-5-8-20-26-29(24-17-11-7-12-18-24)31(2)27(23-15-9-6-10-16-23)22-30(26,32)25-19-13-14-21-28(25)33-3/h6-7,9-19,21,26-27,29,32H,4-5,8,20,22H2,1-3H3/t26-,27+,29+,30-/m1/s1. The molecular formula is C30H37NO2. The molecule has 0 spiro atoms. The minimum absolute atomic E-state index is 0.0488. The van der Waals surface area contributed by atoms with E-state index in [2.05, 4.69) is 85.6 Å². The molecule has 174 valence electrons. The number of ether oxygens (including phenoxy) is 1. The van der Waals surface area contributed by atoms with Crippen molar-refractivity contribution >= 4 is 0 Å². The fraction of sp³-hybridized carbons (Fsp3) is 0.400. The molecule has 3 nitrogen and oxygen atoms in total. The van der Waals surface area contributed by atoms with E-state index in [1.54, 1.807) is 7.11 Å². The maximum Gasteiger partial charge on any atom is 0.124 e. The minimum atomic E-state index is -1.01. The van der Waals surface area contributed by atoms with E-state index in [1.807, 2.05) is 18.2 Å². The number of piperidine rings is 1. The van der Waals surface area contributed by atoms with Crippen molar-refractivity contribution in [1.29, 1.82) is 0 Å². The van der Waals surface area contributed by atoms with Gasteiger partial charge in [-0.2, -0.15) is 0 Å². The molecule has 3 aromatic rings. The molecule has 0 aliphatic carbocycles. The lowest BCUT2D eigenvalue weighted by atomic mass is 9.65. The topological polar surface area (TPSA) is 32.7 Å². The van der Waals surface area contributed by atoms with Crippen LogP contribution in [0.2, 0.25) is 0 Å². The third-order valence-corrected chi connectivity index (χ3v) is 7.45. The highest BCUT2D eigenvalue weighted by Crippen LogP contribution is 2.56. The second kappa shape index (κ2) is 10.5. The molecule has 4 atom stereocenters. The summed E-state index contributed by atoms with van der Waals surface area (Å²) in [5.74, 6) is 0.816. The number of aliphatic hydroxyl groups is 1. The van der Waals surface area contributed by atoms with Crippen molar-refractivity contribution < 1.29 is 9.84 Å². The Morgan fingerprint density at radius 2 is 1.48 bits per heavy atom. The molecule has 1 N–H and O–H groups in total. The number of rotatable bonds is 8. The highest BCUT2D eigenvalue weighted by molar-refractivity contribution is 5.41. The van der Waals surface area contributed by atoms with Crippen LogP contribution in [-0.4, -0.2) is 24.2 Å². The monoisotopic (exact) mass is 443 g/mol. The number of likely N-dealkylation sites (tertiary alicyclic amines) is 1. The number of methoxy groups -OCH3 is 1. The summed E-state index contributed by atoms with van der Waals surface area (Å²) < 4.78 is 5.77. The van der Waals surface area contributed by atoms with Gasteiger partial charge >= 0.3 is 0 Å². The molecule has 3 aromatic carbocycles. The largest absolute Gasteiger partial charge is 0.496 e. The van der Waals surface area contributed by atoms with Crippen molar-refractivity contribution in [2.75, 3.05) is 14.2 Å². The maximum atomic E-state index is 12.7. The molecule has 1 aliphatic heterocycles. The van der Waals surface area contributed by atoms with Crippen LogP contribution in [0.15, 0.2) is 84.9 Å². The fourth-order valence-electron chi connectivity index (χ4n) is 5.80. The first-order chi connectivity index (χ1) is 16.1. The van der Waals surface area contributed by atoms with Gasteiger partial charge in [-0.05, 0) is 30.7 Å². The Labute approximate surface area is 199 Å². The number of hydrogen-bond donors (Lipinski definition) is 1. The van der Waals surface area contributed by atoms with Crippen LogP contribution in [0.1, 0.15) is 67.8 Å². The van der Waals surface area contributed by atoms with Gasteiger partial charge in [-0.25, -0.2) is 0 Å². The molecule has 4 rings (SSSR count). The van der Waals surface area contributed by atoms with Gasteiger partial charge in [0.15, 0.2) is 0 Å². The van der Waals surface area contributed by atoms with Gasteiger partial charge in [0.2, 0.25) is 0 Å². The number of unbranched alkanes of at least 4 members (excludes halogenated alkanes) is 2. The molecule has 1 aliphatic rings. The van der Waals surface area contributed by atoms with Crippen LogP contribution in [0.4, 0.5) is 0 Å². The highest BCUT2D eigenvalue weighted by atomic mass is 16.5. The van der Waals surface area contributed by atoms with Gasteiger partial charge in [-0.3, -0.25) is 4.90 Å². The number of hydrogen-bond acceptors (Lipinski definition) is 3. The second-order valence-electron chi connectivity index (χ2n) is 9.38. The predicted octanol–water partition coefficient (Wildman–Crippen LogP) is 6.90. The van der Waals surface area contributed by atoms with E-state index in [0.29, 0.717) is 6.42 Å². The van der Waals surface area contributed by atoms with Crippen LogP contribution in [0.3, 0.4) is 0 Å². The Morgan fingerprint density at radius 1 is 0.879 bits per heavy atom. The second-order valence-corrected chi connectivity index (χ2v) is 9.38. The first kappa shape index (κ1) is 23.5. The predicted molar refractivity (Wildman–Crippen MR) is 135 cm³/mol. The van der Waals surface area contributed by atoms with E-state index in [0.717, 1.165) is 30.6 Å². The first-order valence-electron chi connectivity index (χ1n) is 12.3. The van der Waals surface area contributed by atoms with Crippen LogP contribution in [-0.2, 0) is 5.60 Å². The fourth-order valence-corrected chi connectivity index (χ4v) is 5.80. The molecule has 3 heteroatoms. The lowest BCUT2D eigenvalue weighted by molar-refractivity contribution is -0.131. The third-order valence-electron chi connectivity index (χ3n) is 7.45. The summed E-state index contributed by atoms with van der Waals surface area (Å²) in [6, 6.07) is 29.5. The van der Waals surface area contributed by atoms with Crippen molar-refractivity contribution in [3.8, 4) is 5.75 Å². The van der Waals surface area contributed by atoms with Gasteiger partial charge in [-0.15, -0.1) is 0 Å². The maximum absolute atomic E-state index is 12.7. The summed E-state index contributed by atoms with van der Waals surface area (Å²) in [6.07, 6.45) is 5.04. The molecule has 0 amide bonds. The molecule has 1 heterocycles. The van der Waals surface area contributed by atoms with Crippen LogP contribution < -0.4 is 4.74 Å². The summed E-state index contributed by atoms with van der Waals surface area (Å²) in [5, 5.41) is 12.7. The first-order valence-corrected chi connectivity index (χ1v) is 12.3. The number of benzene rings is 3. The van der Waals surface area contributed by atoms with E-state index in [9.17, 15) is 5.11 Å². The van der Waals surface area contributed by atoms with Crippen LogP contribution in [0.25, 0.3) is 0 Å². The van der Waals surface area contributed by atoms with Gasteiger partial charge < -0.3 is 9.84 Å². The molecule has 33 heavy (non-hydrogen) atoms. The van der Waals surface area contributed by atoms with Gasteiger partial charge in [0.1, 0.15) is 5.75 Å². The van der Waals surface area contributed by atoms with Crippen LogP contribution in [0, 0.1) is 5.92 Å². The van der Waals surface area contributed by atoms with Gasteiger partial charge in [0.05, 0.1) is 12.7 Å².